The molecule has 0 heterocycles. The first-order chi connectivity index (χ1) is 8.54. The summed E-state index contributed by atoms with van der Waals surface area (Å²) >= 11 is 0. The van der Waals surface area contributed by atoms with Crippen molar-refractivity contribution in [3.63, 3.8) is 0 Å². The molecule has 0 saturated heterocycles. The monoisotopic (exact) mass is 254 g/mol. The summed E-state index contributed by atoms with van der Waals surface area (Å²) in [4.78, 5) is 13.1. The molecule has 0 saturated carbocycles. The molecule has 2 N–H and O–H groups in total. The maximum Gasteiger partial charge on any atom is 0.236 e. The number of rotatable bonds is 6. The van der Waals surface area contributed by atoms with Crippen LogP contribution in [0.3, 0.4) is 0 Å². The SMILES string of the molecule is CCN(C)C(=O)CNCC(O)c1ccc(F)cc1. The second-order valence-electron chi connectivity index (χ2n) is 4.11. The molecule has 0 spiro atoms. The number of hydrogen-bond donors (Lipinski definition) is 2. The second kappa shape index (κ2) is 7.08. The van der Waals surface area contributed by atoms with E-state index in [0.717, 1.165) is 0 Å². The largest absolute Gasteiger partial charge is 0.387 e. The van der Waals surface area contributed by atoms with Gasteiger partial charge in [-0.1, -0.05) is 12.1 Å². The van der Waals surface area contributed by atoms with Crippen molar-refractivity contribution >= 4 is 5.91 Å². The number of hydrogen-bond acceptors (Lipinski definition) is 3. The lowest BCUT2D eigenvalue weighted by molar-refractivity contribution is -0.128. The molecular weight excluding hydrogens is 235 g/mol. The van der Waals surface area contributed by atoms with Crippen LogP contribution in [-0.4, -0.2) is 42.6 Å². The smallest absolute Gasteiger partial charge is 0.236 e. The Labute approximate surface area is 106 Å². The highest BCUT2D eigenvalue weighted by atomic mass is 19.1. The van der Waals surface area contributed by atoms with E-state index in [1.807, 2.05) is 6.92 Å². The number of benzene rings is 1. The number of amides is 1. The van der Waals surface area contributed by atoms with Crippen LogP contribution in [-0.2, 0) is 4.79 Å². The molecule has 0 aromatic heterocycles. The Balaban J connectivity index is 2.35. The highest BCUT2D eigenvalue weighted by Crippen LogP contribution is 2.12. The third kappa shape index (κ3) is 4.43. The molecular formula is C13H19FN2O2. The fourth-order valence-corrected chi connectivity index (χ4v) is 1.43. The first-order valence-corrected chi connectivity index (χ1v) is 5.92. The van der Waals surface area contributed by atoms with Crippen molar-refractivity contribution in [2.24, 2.45) is 0 Å². The molecule has 0 radical (unpaired) electrons. The number of likely N-dealkylation sites (N-methyl/N-ethyl adjacent to an activating group) is 1. The normalized spacial score (nSPS) is 12.2. The van der Waals surface area contributed by atoms with Crippen molar-refractivity contribution in [3.05, 3.63) is 35.6 Å². The van der Waals surface area contributed by atoms with E-state index in [1.54, 1.807) is 11.9 Å². The zero-order valence-corrected chi connectivity index (χ0v) is 10.7. The molecule has 0 fully saturated rings. The van der Waals surface area contributed by atoms with Crippen molar-refractivity contribution in [1.29, 1.82) is 0 Å². The summed E-state index contributed by atoms with van der Waals surface area (Å²) in [6.07, 6.45) is -0.745. The van der Waals surface area contributed by atoms with E-state index in [1.165, 1.54) is 24.3 Å². The molecule has 0 bridgehead atoms. The Hall–Kier alpha value is -1.46. The van der Waals surface area contributed by atoms with Crippen LogP contribution in [0, 0.1) is 5.82 Å². The topological polar surface area (TPSA) is 52.6 Å². The van der Waals surface area contributed by atoms with Crippen molar-refractivity contribution in [2.45, 2.75) is 13.0 Å². The van der Waals surface area contributed by atoms with Gasteiger partial charge in [-0.2, -0.15) is 0 Å². The van der Waals surface area contributed by atoms with Gasteiger partial charge in [0.15, 0.2) is 0 Å². The van der Waals surface area contributed by atoms with Crippen LogP contribution in [0.4, 0.5) is 4.39 Å². The van der Waals surface area contributed by atoms with Gasteiger partial charge in [0.25, 0.3) is 0 Å². The van der Waals surface area contributed by atoms with Gasteiger partial charge in [0.2, 0.25) is 5.91 Å². The average Bonchev–Trinajstić information content (AvgIpc) is 2.38. The van der Waals surface area contributed by atoms with Gasteiger partial charge in [0.1, 0.15) is 5.82 Å². The molecule has 0 aliphatic rings. The van der Waals surface area contributed by atoms with Crippen LogP contribution in [0.15, 0.2) is 24.3 Å². The minimum Gasteiger partial charge on any atom is -0.387 e. The quantitative estimate of drug-likeness (QED) is 0.794. The standard InChI is InChI=1S/C13H19FN2O2/c1-3-16(2)13(18)9-15-8-12(17)10-4-6-11(14)7-5-10/h4-7,12,15,17H,3,8-9H2,1-2H3. The summed E-state index contributed by atoms with van der Waals surface area (Å²) in [5.41, 5.74) is 0.625. The Morgan fingerprint density at radius 2 is 2.06 bits per heavy atom. The zero-order valence-electron chi connectivity index (χ0n) is 10.7. The Morgan fingerprint density at radius 1 is 1.44 bits per heavy atom. The number of halogens is 1. The van der Waals surface area contributed by atoms with Crippen LogP contribution in [0.5, 0.6) is 0 Å². The molecule has 0 aliphatic heterocycles. The average molecular weight is 254 g/mol. The predicted molar refractivity (Wildman–Crippen MR) is 67.5 cm³/mol. The summed E-state index contributed by atoms with van der Waals surface area (Å²) in [5.74, 6) is -0.359. The van der Waals surface area contributed by atoms with Crippen molar-refractivity contribution in [2.75, 3.05) is 26.7 Å². The molecule has 100 valence electrons. The first-order valence-electron chi connectivity index (χ1n) is 5.92. The summed E-state index contributed by atoms with van der Waals surface area (Å²) in [6.45, 7) is 2.99. The second-order valence-corrected chi connectivity index (χ2v) is 4.11. The lowest BCUT2D eigenvalue weighted by Crippen LogP contribution is -2.36. The molecule has 0 aliphatic carbocycles. The summed E-state index contributed by atoms with van der Waals surface area (Å²) in [5, 5.41) is 12.7. The lowest BCUT2D eigenvalue weighted by Gasteiger charge is -2.16. The third-order valence-electron chi connectivity index (χ3n) is 2.77. The molecule has 1 aromatic rings. The lowest BCUT2D eigenvalue weighted by atomic mass is 10.1. The van der Waals surface area contributed by atoms with E-state index in [9.17, 15) is 14.3 Å². The molecule has 1 amide bonds. The van der Waals surface area contributed by atoms with Gasteiger partial charge in [-0.25, -0.2) is 4.39 Å². The van der Waals surface area contributed by atoms with Crippen LogP contribution in [0.25, 0.3) is 0 Å². The van der Waals surface area contributed by atoms with Crippen LogP contribution in [0.2, 0.25) is 0 Å². The molecule has 5 heteroatoms. The third-order valence-corrected chi connectivity index (χ3v) is 2.77. The minimum atomic E-state index is -0.745. The summed E-state index contributed by atoms with van der Waals surface area (Å²) in [6, 6.07) is 5.66. The minimum absolute atomic E-state index is 0.0243. The van der Waals surface area contributed by atoms with Gasteiger partial charge < -0.3 is 15.3 Å². The van der Waals surface area contributed by atoms with Gasteiger partial charge in [-0.05, 0) is 24.6 Å². The number of carbonyl (C=O) groups is 1. The highest BCUT2D eigenvalue weighted by molar-refractivity contribution is 5.77. The van der Waals surface area contributed by atoms with Crippen molar-refractivity contribution < 1.29 is 14.3 Å². The highest BCUT2D eigenvalue weighted by Gasteiger charge is 2.09. The van der Waals surface area contributed by atoms with Gasteiger partial charge in [-0.3, -0.25) is 4.79 Å². The maximum atomic E-state index is 12.7. The maximum absolute atomic E-state index is 12.7. The van der Waals surface area contributed by atoms with E-state index in [2.05, 4.69) is 5.32 Å². The van der Waals surface area contributed by atoms with Gasteiger partial charge in [0, 0.05) is 20.1 Å². The fourth-order valence-electron chi connectivity index (χ4n) is 1.43. The van der Waals surface area contributed by atoms with Crippen LogP contribution >= 0.6 is 0 Å². The van der Waals surface area contributed by atoms with E-state index in [-0.39, 0.29) is 24.8 Å². The zero-order chi connectivity index (χ0) is 13.5. The van der Waals surface area contributed by atoms with E-state index in [4.69, 9.17) is 0 Å². The molecule has 18 heavy (non-hydrogen) atoms. The van der Waals surface area contributed by atoms with Gasteiger partial charge >= 0.3 is 0 Å². The molecule has 1 rings (SSSR count). The number of carbonyl (C=O) groups excluding carboxylic acids is 1. The number of nitrogens with one attached hydrogen (secondary N) is 1. The Bertz CT molecular complexity index is 381. The molecule has 4 nitrogen and oxygen atoms in total. The molecule has 1 atom stereocenters. The number of nitrogens with zero attached hydrogens (tertiary/aromatic N) is 1. The van der Waals surface area contributed by atoms with E-state index >= 15 is 0 Å². The Morgan fingerprint density at radius 3 is 2.61 bits per heavy atom. The van der Waals surface area contributed by atoms with Crippen LogP contribution in [0.1, 0.15) is 18.6 Å². The Kier molecular flexibility index (Phi) is 5.74. The molecule has 1 unspecified atom stereocenters. The van der Waals surface area contributed by atoms with Crippen molar-refractivity contribution in [1.82, 2.24) is 10.2 Å². The summed E-state index contributed by atoms with van der Waals surface area (Å²) < 4.78 is 12.7. The van der Waals surface area contributed by atoms with Crippen molar-refractivity contribution in [3.8, 4) is 0 Å². The molecule has 1 aromatic carbocycles. The predicted octanol–water partition coefficient (Wildman–Crippen LogP) is 0.927. The first kappa shape index (κ1) is 14.6. The fraction of sp³-hybridized carbons (Fsp3) is 0.462. The van der Waals surface area contributed by atoms with E-state index < -0.39 is 6.10 Å². The summed E-state index contributed by atoms with van der Waals surface area (Å²) in [7, 11) is 1.72. The number of aliphatic hydroxyl groups excluding tert-OH is 1. The number of aliphatic hydroxyl groups is 1. The van der Waals surface area contributed by atoms with E-state index in [0.29, 0.717) is 12.1 Å². The van der Waals surface area contributed by atoms with Gasteiger partial charge in [0.05, 0.1) is 12.6 Å². The van der Waals surface area contributed by atoms with Crippen LogP contribution < -0.4 is 5.32 Å². The van der Waals surface area contributed by atoms with Gasteiger partial charge in [-0.15, -0.1) is 0 Å².